The standard InChI is InChI=1S/C20H23FN7OP/c1-2-15-13(12-5-6-12)4-3-8-28(15)24-10-16-17-14(22-11-23-17)7-9-27(16)20-26-25-19(29-20)18(21)30/h2-4,8,10-12,16,18H,5-7,9,30H2,1H3,(H,22,23)/b15-2-,24-10+/t16-,18?/m0/s1. The van der Waals surface area contributed by atoms with Crippen molar-refractivity contribution in [3.8, 4) is 0 Å². The molecule has 1 aliphatic carbocycles. The van der Waals surface area contributed by atoms with E-state index in [0.29, 0.717) is 12.5 Å². The fourth-order valence-corrected chi connectivity index (χ4v) is 4.06. The molecule has 1 saturated carbocycles. The van der Waals surface area contributed by atoms with Crippen molar-refractivity contribution in [2.45, 2.75) is 38.1 Å². The molecule has 0 radical (unpaired) electrons. The third-order valence-corrected chi connectivity index (χ3v) is 5.84. The zero-order chi connectivity index (χ0) is 20.7. The number of anilines is 1. The van der Waals surface area contributed by atoms with Gasteiger partial charge in [0.15, 0.2) is 5.91 Å². The van der Waals surface area contributed by atoms with Gasteiger partial charge in [-0.1, -0.05) is 26.5 Å². The van der Waals surface area contributed by atoms with E-state index in [1.807, 2.05) is 44.6 Å². The second kappa shape index (κ2) is 7.80. The van der Waals surface area contributed by atoms with Crippen LogP contribution in [0.25, 0.3) is 0 Å². The van der Waals surface area contributed by atoms with Crippen molar-refractivity contribution in [3.05, 3.63) is 59.3 Å². The number of hydrazone groups is 1. The average molecular weight is 427 g/mol. The number of aromatic amines is 1. The summed E-state index contributed by atoms with van der Waals surface area (Å²) in [7, 11) is 2.02. The van der Waals surface area contributed by atoms with Gasteiger partial charge in [-0.25, -0.2) is 14.4 Å². The first-order valence-electron chi connectivity index (χ1n) is 10.1. The smallest absolute Gasteiger partial charge is 0.319 e. The second-order valence-electron chi connectivity index (χ2n) is 7.50. The lowest BCUT2D eigenvalue weighted by molar-refractivity contribution is 0.366. The first-order valence-corrected chi connectivity index (χ1v) is 10.7. The van der Waals surface area contributed by atoms with Crippen LogP contribution in [0, 0.1) is 5.92 Å². The van der Waals surface area contributed by atoms with Crippen LogP contribution in [0.15, 0.2) is 51.5 Å². The summed E-state index contributed by atoms with van der Waals surface area (Å²) in [4.78, 5) is 9.60. The Kier molecular flexibility index (Phi) is 4.98. The maximum Gasteiger partial charge on any atom is 0.319 e. The molecule has 0 spiro atoms. The monoisotopic (exact) mass is 427 g/mol. The van der Waals surface area contributed by atoms with Gasteiger partial charge in [0.25, 0.3) is 5.89 Å². The zero-order valence-electron chi connectivity index (χ0n) is 16.6. The van der Waals surface area contributed by atoms with E-state index >= 15 is 0 Å². The topological polar surface area (TPSA) is 86.4 Å². The molecule has 2 aliphatic heterocycles. The number of nitrogens with one attached hydrogen (secondary N) is 1. The quantitative estimate of drug-likeness (QED) is 0.577. The molecule has 8 nitrogen and oxygen atoms in total. The molecule has 0 amide bonds. The highest BCUT2D eigenvalue weighted by atomic mass is 31.0. The van der Waals surface area contributed by atoms with E-state index in [1.165, 1.54) is 18.4 Å². The van der Waals surface area contributed by atoms with Gasteiger partial charge in [0.05, 0.1) is 23.9 Å². The molecular formula is C20H23FN7OP. The Bertz CT molecular complexity index is 1050. The van der Waals surface area contributed by atoms with Crippen molar-refractivity contribution < 1.29 is 8.81 Å². The third-order valence-electron chi connectivity index (χ3n) is 5.55. The molecule has 0 bridgehead atoms. The molecule has 3 atom stereocenters. The number of hydrogen-bond donors (Lipinski definition) is 1. The number of aromatic nitrogens is 4. The predicted molar refractivity (Wildman–Crippen MR) is 114 cm³/mol. The summed E-state index contributed by atoms with van der Waals surface area (Å²) in [5.41, 5.74) is 4.34. The van der Waals surface area contributed by atoms with E-state index in [4.69, 9.17) is 9.52 Å². The van der Waals surface area contributed by atoms with Crippen molar-refractivity contribution >= 4 is 21.5 Å². The SMILES string of the molecule is C/C=C1/C(C2CC2)=CC=CN1/N=C/[C@H]1c2nc[nH]c2CCN1c1nnc(C(F)P)o1. The summed E-state index contributed by atoms with van der Waals surface area (Å²) in [6, 6.07) is -0.0446. The van der Waals surface area contributed by atoms with E-state index in [0.717, 1.165) is 23.5 Å². The summed E-state index contributed by atoms with van der Waals surface area (Å²) in [5.74, 6) is -0.833. The molecular weight excluding hydrogens is 404 g/mol. The van der Waals surface area contributed by atoms with Gasteiger partial charge in [-0.15, -0.1) is 5.10 Å². The van der Waals surface area contributed by atoms with Gasteiger partial charge in [-0.05, 0) is 37.3 Å². The van der Waals surface area contributed by atoms with E-state index < -0.39 is 5.91 Å². The lowest BCUT2D eigenvalue weighted by atomic mass is 10.0. The van der Waals surface area contributed by atoms with Crippen LogP contribution < -0.4 is 4.90 Å². The second-order valence-corrected chi connectivity index (χ2v) is 8.09. The largest absolute Gasteiger partial charge is 0.404 e. The van der Waals surface area contributed by atoms with Gasteiger partial charge in [0.1, 0.15) is 6.04 Å². The first kappa shape index (κ1) is 19.2. The number of halogens is 1. The van der Waals surface area contributed by atoms with Crippen LogP contribution in [0.3, 0.4) is 0 Å². The number of H-pyrrole nitrogens is 1. The predicted octanol–water partition coefficient (Wildman–Crippen LogP) is 3.80. The Balaban J connectivity index is 1.45. The van der Waals surface area contributed by atoms with Crippen LogP contribution in [0.1, 0.15) is 49.0 Å². The minimum Gasteiger partial charge on any atom is -0.404 e. The number of hydrogen-bond acceptors (Lipinski definition) is 7. The first-order chi connectivity index (χ1) is 14.7. The lowest BCUT2D eigenvalue weighted by Gasteiger charge is -2.31. The number of allylic oxidation sites excluding steroid dienone is 4. The van der Waals surface area contributed by atoms with Crippen LogP contribution in [-0.2, 0) is 6.42 Å². The molecule has 2 unspecified atom stereocenters. The van der Waals surface area contributed by atoms with Gasteiger partial charge in [-0.2, -0.15) is 5.10 Å². The summed E-state index contributed by atoms with van der Waals surface area (Å²) >= 11 is 0. The maximum atomic E-state index is 13.6. The Hall–Kier alpha value is -2.80. The van der Waals surface area contributed by atoms with Gasteiger partial charge in [0, 0.05) is 24.9 Å². The number of alkyl halides is 1. The molecule has 3 aliphatic rings. The fraction of sp³-hybridized carbons (Fsp3) is 0.400. The lowest BCUT2D eigenvalue weighted by Crippen LogP contribution is -2.37. The highest BCUT2D eigenvalue weighted by Gasteiger charge is 2.33. The fourth-order valence-electron chi connectivity index (χ4n) is 3.93. The molecule has 2 aromatic heterocycles. The molecule has 5 rings (SSSR count). The van der Waals surface area contributed by atoms with Crippen molar-refractivity contribution in [1.29, 1.82) is 0 Å². The van der Waals surface area contributed by atoms with Crippen molar-refractivity contribution in [2.75, 3.05) is 11.4 Å². The van der Waals surface area contributed by atoms with E-state index in [2.05, 4.69) is 32.3 Å². The molecule has 1 fully saturated rings. The molecule has 0 aromatic carbocycles. The Morgan fingerprint density at radius 2 is 2.27 bits per heavy atom. The Morgan fingerprint density at radius 1 is 1.40 bits per heavy atom. The van der Waals surface area contributed by atoms with E-state index in [1.54, 1.807) is 6.33 Å². The zero-order valence-corrected chi connectivity index (χ0v) is 17.7. The number of fused-ring (bicyclic) bond motifs is 1. The highest BCUT2D eigenvalue weighted by molar-refractivity contribution is 7.16. The van der Waals surface area contributed by atoms with Crippen LogP contribution in [0.4, 0.5) is 10.4 Å². The summed E-state index contributed by atoms with van der Waals surface area (Å²) < 4.78 is 19.1. The average Bonchev–Trinajstić information content (AvgIpc) is 3.27. The van der Waals surface area contributed by atoms with Gasteiger partial charge >= 0.3 is 6.01 Å². The van der Waals surface area contributed by atoms with Gasteiger partial charge in [-0.3, -0.25) is 0 Å². The highest BCUT2D eigenvalue weighted by Crippen LogP contribution is 2.42. The molecule has 1 N–H and O–H groups in total. The van der Waals surface area contributed by atoms with Crippen LogP contribution in [-0.4, -0.2) is 37.9 Å². The minimum absolute atomic E-state index is 0.0621. The Morgan fingerprint density at radius 3 is 3.00 bits per heavy atom. The maximum absolute atomic E-state index is 13.6. The third kappa shape index (κ3) is 3.47. The molecule has 0 saturated heterocycles. The van der Waals surface area contributed by atoms with E-state index in [9.17, 15) is 4.39 Å². The normalized spacial score (nSPS) is 23.9. The molecule has 4 heterocycles. The van der Waals surface area contributed by atoms with Crippen LogP contribution >= 0.6 is 9.24 Å². The van der Waals surface area contributed by atoms with Crippen LogP contribution in [0.5, 0.6) is 0 Å². The summed E-state index contributed by atoms with van der Waals surface area (Å²) in [6.45, 7) is 2.66. The summed E-state index contributed by atoms with van der Waals surface area (Å²) in [6.07, 6.45) is 15.0. The van der Waals surface area contributed by atoms with Gasteiger partial charge < -0.3 is 14.3 Å². The summed E-state index contributed by atoms with van der Waals surface area (Å²) in [5, 5.41) is 14.5. The number of rotatable bonds is 5. The van der Waals surface area contributed by atoms with Crippen LogP contribution in [0.2, 0.25) is 0 Å². The minimum atomic E-state index is -1.40. The number of imidazole rings is 1. The molecule has 156 valence electrons. The Labute approximate surface area is 175 Å². The van der Waals surface area contributed by atoms with Crippen molar-refractivity contribution in [2.24, 2.45) is 11.0 Å². The van der Waals surface area contributed by atoms with Crippen molar-refractivity contribution in [3.63, 3.8) is 0 Å². The molecule has 2 aromatic rings. The van der Waals surface area contributed by atoms with Gasteiger partial charge in [0.2, 0.25) is 0 Å². The van der Waals surface area contributed by atoms with E-state index in [-0.39, 0.29) is 17.9 Å². The molecule has 10 heteroatoms. The number of nitrogens with zero attached hydrogens (tertiary/aromatic N) is 6. The van der Waals surface area contributed by atoms with Crippen molar-refractivity contribution in [1.82, 2.24) is 25.2 Å². The molecule has 30 heavy (non-hydrogen) atoms.